The molecule has 0 aliphatic rings. The Labute approximate surface area is 128 Å². The standard InChI is InChI=1S/C16H19BrN2O/c1-3-20-15-7-5-4-6-13(15)16(19-18)14-10-12(17)9-8-11(14)2/h4-10,16,19H,3,18H2,1-2H3. The fraction of sp³-hybridized carbons (Fsp3) is 0.250. The second kappa shape index (κ2) is 6.88. The van der Waals surface area contributed by atoms with Crippen molar-refractivity contribution in [3.8, 4) is 5.75 Å². The molecule has 0 fully saturated rings. The van der Waals surface area contributed by atoms with Gasteiger partial charge in [0, 0.05) is 10.0 Å². The van der Waals surface area contributed by atoms with Gasteiger partial charge in [0.25, 0.3) is 0 Å². The molecule has 0 saturated heterocycles. The Bertz CT molecular complexity index is 586. The van der Waals surface area contributed by atoms with Crippen molar-refractivity contribution in [3.63, 3.8) is 0 Å². The van der Waals surface area contributed by atoms with Crippen LogP contribution in [-0.2, 0) is 0 Å². The van der Waals surface area contributed by atoms with E-state index in [1.165, 1.54) is 5.56 Å². The molecule has 0 radical (unpaired) electrons. The van der Waals surface area contributed by atoms with Crippen molar-refractivity contribution in [1.82, 2.24) is 5.43 Å². The molecule has 2 rings (SSSR count). The van der Waals surface area contributed by atoms with E-state index in [9.17, 15) is 0 Å². The molecule has 0 heterocycles. The lowest BCUT2D eigenvalue weighted by molar-refractivity contribution is 0.333. The van der Waals surface area contributed by atoms with Crippen LogP contribution < -0.4 is 16.0 Å². The summed E-state index contributed by atoms with van der Waals surface area (Å²) in [6.07, 6.45) is 0. The van der Waals surface area contributed by atoms with Crippen molar-refractivity contribution in [2.24, 2.45) is 5.84 Å². The molecule has 0 spiro atoms. The highest BCUT2D eigenvalue weighted by atomic mass is 79.9. The van der Waals surface area contributed by atoms with Crippen LogP contribution in [0, 0.1) is 6.92 Å². The third kappa shape index (κ3) is 3.20. The summed E-state index contributed by atoms with van der Waals surface area (Å²) in [5, 5.41) is 0. The molecule has 3 N–H and O–H groups in total. The van der Waals surface area contributed by atoms with E-state index < -0.39 is 0 Å². The topological polar surface area (TPSA) is 47.3 Å². The third-order valence-electron chi connectivity index (χ3n) is 3.25. The van der Waals surface area contributed by atoms with Crippen LogP contribution in [0.4, 0.5) is 0 Å². The smallest absolute Gasteiger partial charge is 0.124 e. The van der Waals surface area contributed by atoms with Gasteiger partial charge in [-0.2, -0.15) is 0 Å². The molecule has 106 valence electrons. The second-order valence-corrected chi connectivity index (χ2v) is 5.49. The van der Waals surface area contributed by atoms with Gasteiger partial charge in [0.2, 0.25) is 0 Å². The number of halogens is 1. The molecule has 0 amide bonds. The molecule has 20 heavy (non-hydrogen) atoms. The van der Waals surface area contributed by atoms with Gasteiger partial charge in [0.1, 0.15) is 5.75 Å². The van der Waals surface area contributed by atoms with Crippen molar-refractivity contribution in [3.05, 3.63) is 63.6 Å². The minimum atomic E-state index is -0.102. The van der Waals surface area contributed by atoms with E-state index in [4.69, 9.17) is 10.6 Å². The zero-order chi connectivity index (χ0) is 14.5. The van der Waals surface area contributed by atoms with Gasteiger partial charge < -0.3 is 4.74 Å². The van der Waals surface area contributed by atoms with Crippen LogP contribution in [0.25, 0.3) is 0 Å². The van der Waals surface area contributed by atoms with E-state index in [1.807, 2.05) is 37.3 Å². The minimum absolute atomic E-state index is 0.102. The van der Waals surface area contributed by atoms with E-state index in [2.05, 4.69) is 40.4 Å². The average Bonchev–Trinajstić information content (AvgIpc) is 2.45. The van der Waals surface area contributed by atoms with Gasteiger partial charge in [-0.25, -0.2) is 5.43 Å². The second-order valence-electron chi connectivity index (χ2n) is 4.57. The molecular formula is C16H19BrN2O. The molecule has 1 atom stereocenters. The fourth-order valence-corrected chi connectivity index (χ4v) is 2.65. The Hall–Kier alpha value is -1.36. The Morgan fingerprint density at radius 2 is 1.95 bits per heavy atom. The van der Waals surface area contributed by atoms with Crippen molar-refractivity contribution < 1.29 is 4.74 Å². The van der Waals surface area contributed by atoms with Gasteiger partial charge in [-0.15, -0.1) is 0 Å². The van der Waals surface area contributed by atoms with Crippen LogP contribution in [0.1, 0.15) is 29.7 Å². The van der Waals surface area contributed by atoms with E-state index in [0.717, 1.165) is 21.3 Å². The largest absolute Gasteiger partial charge is 0.494 e. The van der Waals surface area contributed by atoms with Gasteiger partial charge in [0.15, 0.2) is 0 Å². The van der Waals surface area contributed by atoms with Crippen LogP contribution in [0.5, 0.6) is 5.75 Å². The number of rotatable bonds is 5. The molecule has 4 heteroatoms. The van der Waals surface area contributed by atoms with Crippen LogP contribution in [0.2, 0.25) is 0 Å². The lowest BCUT2D eigenvalue weighted by Crippen LogP contribution is -2.29. The van der Waals surface area contributed by atoms with Crippen LogP contribution in [0.15, 0.2) is 46.9 Å². The molecule has 0 aromatic heterocycles. The van der Waals surface area contributed by atoms with E-state index >= 15 is 0 Å². The number of benzene rings is 2. The Morgan fingerprint density at radius 3 is 2.65 bits per heavy atom. The molecule has 2 aromatic rings. The Balaban J connectivity index is 2.49. The van der Waals surface area contributed by atoms with Crippen molar-refractivity contribution in [1.29, 1.82) is 0 Å². The highest BCUT2D eigenvalue weighted by Crippen LogP contribution is 2.32. The summed E-state index contributed by atoms with van der Waals surface area (Å²) in [5.41, 5.74) is 6.26. The summed E-state index contributed by atoms with van der Waals surface area (Å²) in [6, 6.07) is 14.1. The highest BCUT2D eigenvalue weighted by Gasteiger charge is 2.18. The molecule has 0 saturated carbocycles. The summed E-state index contributed by atoms with van der Waals surface area (Å²) < 4.78 is 6.74. The molecule has 1 unspecified atom stereocenters. The summed E-state index contributed by atoms with van der Waals surface area (Å²) in [7, 11) is 0. The van der Waals surface area contributed by atoms with Crippen molar-refractivity contribution in [2.45, 2.75) is 19.9 Å². The summed E-state index contributed by atoms with van der Waals surface area (Å²) in [6.45, 7) is 4.69. The van der Waals surface area contributed by atoms with E-state index in [1.54, 1.807) is 0 Å². The van der Waals surface area contributed by atoms with Crippen LogP contribution in [0.3, 0.4) is 0 Å². The normalized spacial score (nSPS) is 12.2. The van der Waals surface area contributed by atoms with Crippen molar-refractivity contribution >= 4 is 15.9 Å². The Kier molecular flexibility index (Phi) is 5.17. The van der Waals surface area contributed by atoms with Gasteiger partial charge in [-0.05, 0) is 43.2 Å². The summed E-state index contributed by atoms with van der Waals surface area (Å²) in [4.78, 5) is 0. The van der Waals surface area contributed by atoms with Gasteiger partial charge >= 0.3 is 0 Å². The molecular weight excluding hydrogens is 316 g/mol. The highest BCUT2D eigenvalue weighted by molar-refractivity contribution is 9.10. The SMILES string of the molecule is CCOc1ccccc1C(NN)c1cc(Br)ccc1C. The number of aryl methyl sites for hydroxylation is 1. The fourth-order valence-electron chi connectivity index (χ4n) is 2.28. The minimum Gasteiger partial charge on any atom is -0.494 e. The summed E-state index contributed by atoms with van der Waals surface area (Å²) >= 11 is 3.52. The monoisotopic (exact) mass is 334 g/mol. The van der Waals surface area contributed by atoms with Gasteiger partial charge in [-0.1, -0.05) is 40.2 Å². The molecule has 0 aliphatic carbocycles. The van der Waals surface area contributed by atoms with Gasteiger partial charge in [0.05, 0.1) is 12.6 Å². The van der Waals surface area contributed by atoms with Crippen LogP contribution in [-0.4, -0.2) is 6.61 Å². The Morgan fingerprint density at radius 1 is 1.20 bits per heavy atom. The average molecular weight is 335 g/mol. The number of hydrogen-bond donors (Lipinski definition) is 2. The van der Waals surface area contributed by atoms with E-state index in [-0.39, 0.29) is 6.04 Å². The number of nitrogens with two attached hydrogens (primary N) is 1. The van der Waals surface area contributed by atoms with Crippen molar-refractivity contribution in [2.75, 3.05) is 6.61 Å². The first-order valence-electron chi connectivity index (χ1n) is 6.61. The van der Waals surface area contributed by atoms with Gasteiger partial charge in [-0.3, -0.25) is 5.84 Å². The maximum Gasteiger partial charge on any atom is 0.124 e. The lowest BCUT2D eigenvalue weighted by Gasteiger charge is -2.22. The first-order chi connectivity index (χ1) is 9.67. The lowest BCUT2D eigenvalue weighted by atomic mass is 9.95. The maximum atomic E-state index is 5.80. The summed E-state index contributed by atoms with van der Waals surface area (Å²) in [5.74, 6) is 6.66. The quantitative estimate of drug-likeness (QED) is 0.647. The first-order valence-corrected chi connectivity index (χ1v) is 7.40. The molecule has 3 nitrogen and oxygen atoms in total. The predicted molar refractivity (Wildman–Crippen MR) is 85.7 cm³/mol. The number of hydrazine groups is 1. The number of hydrogen-bond acceptors (Lipinski definition) is 3. The molecule has 2 aromatic carbocycles. The zero-order valence-electron chi connectivity index (χ0n) is 11.7. The zero-order valence-corrected chi connectivity index (χ0v) is 13.3. The first kappa shape index (κ1) is 15.0. The van der Waals surface area contributed by atoms with E-state index in [0.29, 0.717) is 6.61 Å². The predicted octanol–water partition coefficient (Wildman–Crippen LogP) is 3.71. The third-order valence-corrected chi connectivity index (χ3v) is 3.74. The maximum absolute atomic E-state index is 5.80. The molecule has 0 bridgehead atoms. The number of ether oxygens (including phenoxy) is 1. The number of para-hydroxylation sites is 1. The molecule has 0 aliphatic heterocycles. The van der Waals surface area contributed by atoms with Crippen LogP contribution >= 0.6 is 15.9 Å². The number of nitrogens with one attached hydrogen (secondary N) is 1.